The number of anilines is 1. The van der Waals surface area contributed by atoms with E-state index in [-0.39, 0.29) is 69.0 Å². The number of non-ortho nitro benzene ring substituents is 1. The number of carbonyl (C=O) groups is 3. The molecule has 1 aromatic heterocycles. The summed E-state index contributed by atoms with van der Waals surface area (Å²) in [5.74, 6) is -1.84. The van der Waals surface area contributed by atoms with E-state index in [4.69, 9.17) is 18.9 Å². The van der Waals surface area contributed by atoms with Gasteiger partial charge in [0.25, 0.3) is 11.4 Å². The molecule has 0 aliphatic carbocycles. The average molecular weight is 693 g/mol. The minimum Gasteiger partial charge on any atom is -0.440 e. The van der Waals surface area contributed by atoms with E-state index in [0.717, 1.165) is 36.0 Å². The van der Waals surface area contributed by atoms with E-state index >= 15 is 0 Å². The first-order valence-corrected chi connectivity index (χ1v) is 16.1. The molecule has 1 aliphatic heterocycles. The summed E-state index contributed by atoms with van der Waals surface area (Å²) >= 11 is 0. The minimum atomic E-state index is -1.71. The number of nitro benzene ring substituents is 2. The maximum atomic E-state index is 12.8. The van der Waals surface area contributed by atoms with Gasteiger partial charge in [0.05, 0.1) is 34.3 Å². The molecule has 0 bridgehead atoms. The van der Waals surface area contributed by atoms with Gasteiger partial charge in [-0.3, -0.25) is 25.0 Å². The average Bonchev–Trinajstić information content (AvgIpc) is 3.67. The van der Waals surface area contributed by atoms with Gasteiger partial charge in [0.15, 0.2) is 6.61 Å². The Morgan fingerprint density at radius 3 is 2.45 bits per heavy atom. The molecule has 2 atom stereocenters. The van der Waals surface area contributed by atoms with Gasteiger partial charge in [0, 0.05) is 57.4 Å². The lowest BCUT2D eigenvalue weighted by Gasteiger charge is -2.31. The van der Waals surface area contributed by atoms with E-state index < -0.39 is 39.9 Å². The molecule has 270 valence electrons. The largest absolute Gasteiger partial charge is 0.440 e. The predicted molar refractivity (Wildman–Crippen MR) is 174 cm³/mol. The topological polar surface area (TPSA) is 240 Å². The van der Waals surface area contributed by atoms with Crippen molar-refractivity contribution in [3.63, 3.8) is 0 Å². The maximum absolute atomic E-state index is 12.8. The number of benzene rings is 1. The first kappa shape index (κ1) is 38.6. The number of hydrogen-bond acceptors (Lipinski definition) is 13. The lowest BCUT2D eigenvalue weighted by molar-refractivity contribution is -0.393. The van der Waals surface area contributed by atoms with Gasteiger partial charge < -0.3 is 40.2 Å². The standard InChI is InChI=1S/C30H44N8O11/c1-4-47-30(48-5-2,49-16-15-32-27(39)10-8-6-7-9-24-21(3)34-28(40)35-24)19-46-29(41)36-18-22(33-20-36)13-14-31-25-12-11-23(37(42)43)17-26(25)38(44)45/h11-12,17-18,20-21,24,31H,4-10,13-16,19H2,1-3H3,(H,32,39)(H2,34,35,40). The highest BCUT2D eigenvalue weighted by Crippen LogP contribution is 2.29. The Bertz CT molecular complexity index is 1430. The molecule has 0 saturated carbocycles. The number of hydrogen-bond donors (Lipinski definition) is 4. The molecule has 49 heavy (non-hydrogen) atoms. The molecule has 3 amide bonds. The summed E-state index contributed by atoms with van der Waals surface area (Å²) < 4.78 is 23.7. The Morgan fingerprint density at radius 1 is 1.04 bits per heavy atom. The highest BCUT2D eigenvalue weighted by atomic mass is 16.9. The van der Waals surface area contributed by atoms with Gasteiger partial charge in [-0.15, -0.1) is 0 Å². The third-order valence-electron chi connectivity index (χ3n) is 7.48. The molecule has 1 fully saturated rings. The van der Waals surface area contributed by atoms with Crippen molar-refractivity contribution in [3.8, 4) is 0 Å². The molecule has 0 spiro atoms. The monoisotopic (exact) mass is 692 g/mol. The van der Waals surface area contributed by atoms with Gasteiger partial charge in [-0.1, -0.05) is 12.8 Å². The van der Waals surface area contributed by atoms with Crippen LogP contribution in [-0.4, -0.2) is 95.0 Å². The van der Waals surface area contributed by atoms with E-state index in [1.807, 2.05) is 6.92 Å². The first-order chi connectivity index (χ1) is 23.5. The Hall–Kier alpha value is -4.88. The van der Waals surface area contributed by atoms with Crippen LogP contribution in [0, 0.1) is 20.2 Å². The molecule has 1 aliphatic rings. The van der Waals surface area contributed by atoms with Crippen LogP contribution in [0.5, 0.6) is 0 Å². The lowest BCUT2D eigenvalue weighted by Crippen LogP contribution is -2.46. The van der Waals surface area contributed by atoms with E-state index in [1.54, 1.807) is 13.8 Å². The molecule has 2 unspecified atom stereocenters. The number of aromatic nitrogens is 2. The van der Waals surface area contributed by atoms with Gasteiger partial charge in [0.2, 0.25) is 5.91 Å². The number of urea groups is 1. The Labute approximate surface area is 282 Å². The molecule has 19 heteroatoms. The summed E-state index contributed by atoms with van der Waals surface area (Å²) in [6.07, 6.45) is 5.80. The summed E-state index contributed by atoms with van der Waals surface area (Å²) in [6, 6.07) is 3.34. The molecule has 0 radical (unpaired) electrons. The van der Waals surface area contributed by atoms with Crippen LogP contribution >= 0.6 is 0 Å². The number of ether oxygens (including phenoxy) is 4. The smallest absolute Gasteiger partial charge is 0.419 e. The van der Waals surface area contributed by atoms with E-state index in [2.05, 4.69) is 26.3 Å². The van der Waals surface area contributed by atoms with Crippen molar-refractivity contribution in [2.45, 2.75) is 77.4 Å². The fraction of sp³-hybridized carbons (Fsp3) is 0.600. The third-order valence-corrected chi connectivity index (χ3v) is 7.48. The van der Waals surface area contributed by atoms with Crippen LogP contribution < -0.4 is 21.3 Å². The van der Waals surface area contributed by atoms with Gasteiger partial charge >= 0.3 is 18.1 Å². The lowest BCUT2D eigenvalue weighted by atomic mass is 10.0. The molecule has 4 N–H and O–H groups in total. The molecule has 19 nitrogen and oxygen atoms in total. The minimum absolute atomic E-state index is 0.0186. The number of unbranched alkanes of at least 4 members (excludes halogenated alkanes) is 2. The number of amides is 3. The fourth-order valence-electron chi connectivity index (χ4n) is 5.04. The zero-order valence-corrected chi connectivity index (χ0v) is 27.8. The molecule has 1 aromatic carbocycles. The zero-order chi connectivity index (χ0) is 35.8. The summed E-state index contributed by atoms with van der Waals surface area (Å²) in [6.45, 7) is 5.72. The molecule has 3 rings (SSSR count). The van der Waals surface area contributed by atoms with Crippen molar-refractivity contribution in [3.05, 3.63) is 56.6 Å². The summed E-state index contributed by atoms with van der Waals surface area (Å²) in [5, 5.41) is 33.6. The molecular weight excluding hydrogens is 648 g/mol. The van der Waals surface area contributed by atoms with Crippen LogP contribution in [-0.2, 0) is 30.2 Å². The van der Waals surface area contributed by atoms with Gasteiger partial charge in [-0.25, -0.2) is 19.1 Å². The van der Waals surface area contributed by atoms with E-state index in [9.17, 15) is 34.6 Å². The number of rotatable bonds is 22. The first-order valence-electron chi connectivity index (χ1n) is 16.1. The number of nitrogens with one attached hydrogen (secondary N) is 4. The van der Waals surface area contributed by atoms with Crippen LogP contribution in [0.25, 0.3) is 0 Å². The highest BCUT2D eigenvalue weighted by molar-refractivity contribution is 5.77. The second-order valence-corrected chi connectivity index (χ2v) is 11.1. The number of nitrogens with zero attached hydrogens (tertiary/aromatic N) is 4. The number of nitro groups is 2. The van der Waals surface area contributed by atoms with Crippen molar-refractivity contribution in [2.24, 2.45) is 0 Å². The Kier molecular flexibility index (Phi) is 15.1. The van der Waals surface area contributed by atoms with E-state index in [0.29, 0.717) is 18.5 Å². The van der Waals surface area contributed by atoms with Crippen LogP contribution in [0.3, 0.4) is 0 Å². The Morgan fingerprint density at radius 2 is 1.80 bits per heavy atom. The second kappa shape index (κ2) is 19.2. The highest BCUT2D eigenvalue weighted by Gasteiger charge is 2.35. The SMILES string of the molecule is CCOC(COC(=O)n1cnc(CCNc2ccc([N+](=O)[O-])cc2[N+](=O)[O-])c1)(OCC)OCCNC(=O)CCCCCC1NC(=O)NC1C. The third kappa shape index (κ3) is 12.3. The summed E-state index contributed by atoms with van der Waals surface area (Å²) in [5.41, 5.74) is -0.263. The summed E-state index contributed by atoms with van der Waals surface area (Å²) in [7, 11) is 0. The van der Waals surface area contributed by atoms with Crippen molar-refractivity contribution in [1.82, 2.24) is 25.5 Å². The molecule has 2 heterocycles. The maximum Gasteiger partial charge on any atom is 0.419 e. The fourth-order valence-corrected chi connectivity index (χ4v) is 5.04. The van der Waals surface area contributed by atoms with Gasteiger partial charge in [-0.2, -0.15) is 0 Å². The van der Waals surface area contributed by atoms with Crippen molar-refractivity contribution < 1.29 is 43.2 Å². The zero-order valence-electron chi connectivity index (χ0n) is 27.8. The normalized spacial score (nSPS) is 15.7. The van der Waals surface area contributed by atoms with E-state index in [1.165, 1.54) is 18.6 Å². The number of imidazole rings is 1. The molecule has 2 aromatic rings. The van der Waals surface area contributed by atoms with Crippen LogP contribution in [0.1, 0.15) is 58.6 Å². The second-order valence-electron chi connectivity index (χ2n) is 11.1. The van der Waals surface area contributed by atoms with Crippen LogP contribution in [0.15, 0.2) is 30.7 Å². The number of carbonyl (C=O) groups excluding carboxylic acids is 3. The summed E-state index contributed by atoms with van der Waals surface area (Å²) in [4.78, 5) is 61.5. The van der Waals surface area contributed by atoms with Crippen molar-refractivity contribution in [1.29, 1.82) is 0 Å². The van der Waals surface area contributed by atoms with Crippen LogP contribution in [0.4, 0.5) is 26.7 Å². The van der Waals surface area contributed by atoms with Crippen LogP contribution in [0.2, 0.25) is 0 Å². The molecule has 1 saturated heterocycles. The van der Waals surface area contributed by atoms with Gasteiger partial charge in [-0.05, 0) is 39.7 Å². The Balaban J connectivity index is 1.41. The van der Waals surface area contributed by atoms with Crippen molar-refractivity contribution >= 4 is 35.1 Å². The molecular formula is C30H44N8O11. The quantitative estimate of drug-likeness (QED) is 0.0600. The van der Waals surface area contributed by atoms with Gasteiger partial charge in [0.1, 0.15) is 12.0 Å². The predicted octanol–water partition coefficient (Wildman–Crippen LogP) is 3.22. The van der Waals surface area contributed by atoms with Crippen molar-refractivity contribution in [2.75, 3.05) is 44.8 Å².